The van der Waals surface area contributed by atoms with E-state index in [1.54, 1.807) is 35.0 Å². The average Bonchev–Trinajstić information content (AvgIpc) is 2.10. The normalized spacial score (nSPS) is 17.3. The number of nitrogens with zero attached hydrogens (tertiary/aromatic N) is 1. The maximum atomic E-state index is 12.1. The molecule has 0 heterocycles. The monoisotopic (exact) mass is 260 g/mol. The largest absolute Gasteiger partial charge is 0.550 e. The van der Waals surface area contributed by atoms with Crippen LogP contribution < -0.4 is 10.8 Å². The summed E-state index contributed by atoms with van der Waals surface area (Å²) >= 11 is 0. The molecule has 0 rings (SSSR count). The molecule has 2 atom stereocenters. The molecular weight excluding hydrogens is 236 g/mol. The number of Topliss-reactive ketones (excluding diaryl/α,β-unsaturated/α-hetero) is 1. The number of rotatable bonds is 7. The van der Waals surface area contributed by atoms with Crippen molar-refractivity contribution >= 4 is 11.8 Å². The predicted octanol–water partition coefficient (Wildman–Crippen LogP) is -1.88. The number of hydrogen-bond acceptors (Lipinski definition) is 5. The molecule has 0 aliphatic heterocycles. The number of carbonyl (C=O) groups excluding carboxylic acids is 2. The second-order valence-corrected chi connectivity index (χ2v) is 6.16. The molecule has 18 heavy (non-hydrogen) atoms. The first-order chi connectivity index (χ1) is 7.89. The molecular formula is C12H24N2O4. The van der Waals surface area contributed by atoms with E-state index in [1.165, 1.54) is 0 Å². The number of carboxylic acid groups (broad SMARTS) is 1. The highest BCUT2D eigenvalue weighted by Gasteiger charge is 2.44. The summed E-state index contributed by atoms with van der Waals surface area (Å²) in [5.74, 6) is -2.27. The Kier molecular flexibility index (Phi) is 5.46. The molecule has 6 heteroatoms. The summed E-state index contributed by atoms with van der Waals surface area (Å²) in [6, 6.07) is -0.888. The molecule has 0 aliphatic carbocycles. The van der Waals surface area contributed by atoms with Crippen LogP contribution in [0.5, 0.6) is 0 Å². The minimum absolute atomic E-state index is 0.0275. The van der Waals surface area contributed by atoms with E-state index in [0.717, 1.165) is 0 Å². The third kappa shape index (κ3) is 5.12. The van der Waals surface area contributed by atoms with Crippen molar-refractivity contribution in [3.63, 3.8) is 0 Å². The molecule has 0 unspecified atom stereocenters. The number of ketones is 1. The first kappa shape index (κ1) is 17.0. The molecule has 0 spiro atoms. The van der Waals surface area contributed by atoms with Crippen molar-refractivity contribution < 1.29 is 24.3 Å². The van der Waals surface area contributed by atoms with Crippen LogP contribution in [0.1, 0.15) is 20.3 Å². The van der Waals surface area contributed by atoms with Crippen molar-refractivity contribution in [1.82, 2.24) is 0 Å². The third-order valence-corrected chi connectivity index (χ3v) is 2.65. The summed E-state index contributed by atoms with van der Waals surface area (Å²) in [4.78, 5) is 22.9. The highest BCUT2D eigenvalue weighted by Crippen LogP contribution is 2.19. The molecule has 3 N–H and O–H groups in total. The van der Waals surface area contributed by atoms with Gasteiger partial charge in [0.05, 0.1) is 27.2 Å². The van der Waals surface area contributed by atoms with E-state index < -0.39 is 29.8 Å². The molecule has 0 aromatic heterocycles. The Balaban J connectivity index is 5.21. The Bertz CT molecular complexity index is 323. The van der Waals surface area contributed by atoms with Gasteiger partial charge in [0.25, 0.3) is 0 Å². The fraction of sp³-hybridized carbons (Fsp3) is 0.833. The highest BCUT2D eigenvalue weighted by atomic mass is 16.4. The first-order valence-corrected chi connectivity index (χ1v) is 5.91. The van der Waals surface area contributed by atoms with E-state index in [9.17, 15) is 19.8 Å². The van der Waals surface area contributed by atoms with Crippen LogP contribution >= 0.6 is 0 Å². The van der Waals surface area contributed by atoms with Gasteiger partial charge in [-0.2, -0.15) is 0 Å². The van der Waals surface area contributed by atoms with E-state index in [4.69, 9.17) is 5.73 Å². The number of carbonyl (C=O) groups is 2. The molecule has 0 radical (unpaired) electrons. The number of nitrogens with two attached hydrogens (primary N) is 1. The van der Waals surface area contributed by atoms with Gasteiger partial charge in [0, 0.05) is 12.4 Å². The summed E-state index contributed by atoms with van der Waals surface area (Å²) in [6.07, 6.45) is -0.734. The molecule has 6 nitrogen and oxygen atoms in total. The van der Waals surface area contributed by atoms with Crippen molar-refractivity contribution in [2.24, 2.45) is 11.7 Å². The fourth-order valence-corrected chi connectivity index (χ4v) is 1.86. The quantitative estimate of drug-likeness (QED) is 0.521. The van der Waals surface area contributed by atoms with Crippen LogP contribution in [0.15, 0.2) is 0 Å². The fourth-order valence-electron chi connectivity index (χ4n) is 1.86. The number of aliphatic carboxylic acids is 1. The summed E-state index contributed by atoms with van der Waals surface area (Å²) in [6.45, 7) is 3.46. The van der Waals surface area contributed by atoms with Gasteiger partial charge in [-0.05, 0) is 5.92 Å². The van der Waals surface area contributed by atoms with Crippen molar-refractivity contribution in [3.8, 4) is 0 Å². The SMILES string of the molecule is CC(C)[C@H](N)C(=O)[C@@](O)(CC(=O)[O-])C[N+](C)(C)C. The van der Waals surface area contributed by atoms with Gasteiger partial charge in [-0.3, -0.25) is 4.79 Å². The van der Waals surface area contributed by atoms with Gasteiger partial charge in [-0.1, -0.05) is 13.8 Å². The second-order valence-electron chi connectivity index (χ2n) is 6.16. The molecule has 0 amide bonds. The Labute approximate surface area is 108 Å². The van der Waals surface area contributed by atoms with Crippen molar-refractivity contribution in [2.45, 2.75) is 31.9 Å². The van der Waals surface area contributed by atoms with E-state index >= 15 is 0 Å². The lowest BCUT2D eigenvalue weighted by molar-refractivity contribution is -0.875. The summed E-state index contributed by atoms with van der Waals surface area (Å²) in [5.41, 5.74) is 3.73. The Morgan fingerprint density at radius 3 is 2.06 bits per heavy atom. The Hall–Kier alpha value is -0.980. The lowest BCUT2D eigenvalue weighted by Crippen LogP contribution is -2.60. The smallest absolute Gasteiger partial charge is 0.187 e. The minimum Gasteiger partial charge on any atom is -0.550 e. The molecule has 0 aliphatic rings. The molecule has 0 bridgehead atoms. The van der Waals surface area contributed by atoms with Gasteiger partial charge in [-0.15, -0.1) is 0 Å². The highest BCUT2D eigenvalue weighted by molar-refractivity contribution is 5.94. The Morgan fingerprint density at radius 1 is 1.33 bits per heavy atom. The van der Waals surface area contributed by atoms with Crippen molar-refractivity contribution in [3.05, 3.63) is 0 Å². The number of hydrogen-bond donors (Lipinski definition) is 2. The van der Waals surface area contributed by atoms with E-state index in [-0.39, 0.29) is 16.9 Å². The van der Waals surface area contributed by atoms with E-state index in [1.807, 2.05) is 0 Å². The topological polar surface area (TPSA) is 103 Å². The standard InChI is InChI=1S/C12H24N2O4/c1-8(2)10(13)11(17)12(18,6-9(15)16)7-14(3,4)5/h8,10,18H,6-7,13H2,1-5H3/t10-,12+/m0/s1. The van der Waals surface area contributed by atoms with Gasteiger partial charge in [0.1, 0.15) is 6.54 Å². The maximum absolute atomic E-state index is 12.1. The van der Waals surface area contributed by atoms with Crippen LogP contribution in [0.2, 0.25) is 0 Å². The predicted molar refractivity (Wildman–Crippen MR) is 65.3 cm³/mol. The zero-order valence-corrected chi connectivity index (χ0v) is 11.8. The summed E-state index contributed by atoms with van der Waals surface area (Å²) in [7, 11) is 5.28. The maximum Gasteiger partial charge on any atom is 0.187 e. The van der Waals surface area contributed by atoms with E-state index in [0.29, 0.717) is 0 Å². The molecule has 0 saturated heterocycles. The Morgan fingerprint density at radius 2 is 1.78 bits per heavy atom. The second kappa shape index (κ2) is 5.77. The van der Waals surface area contributed by atoms with Crippen LogP contribution in [0.4, 0.5) is 0 Å². The number of quaternary nitrogens is 1. The van der Waals surface area contributed by atoms with Crippen LogP contribution in [0.25, 0.3) is 0 Å². The van der Waals surface area contributed by atoms with Gasteiger partial charge >= 0.3 is 0 Å². The number of carboxylic acids is 1. The first-order valence-electron chi connectivity index (χ1n) is 5.91. The van der Waals surface area contributed by atoms with Gasteiger partial charge < -0.3 is 25.2 Å². The number of likely N-dealkylation sites (N-methyl/N-ethyl adjacent to an activating group) is 1. The van der Waals surface area contributed by atoms with Gasteiger partial charge in [0.2, 0.25) is 0 Å². The third-order valence-electron chi connectivity index (χ3n) is 2.65. The number of aliphatic hydroxyl groups is 1. The van der Waals surface area contributed by atoms with Crippen molar-refractivity contribution in [2.75, 3.05) is 27.7 Å². The van der Waals surface area contributed by atoms with Gasteiger partial charge in [-0.25, -0.2) is 0 Å². The van der Waals surface area contributed by atoms with Gasteiger partial charge in [0.15, 0.2) is 11.4 Å². The molecule has 0 aromatic rings. The lowest BCUT2D eigenvalue weighted by atomic mass is 9.85. The average molecular weight is 260 g/mol. The van der Waals surface area contributed by atoms with Crippen LogP contribution in [-0.4, -0.2) is 60.7 Å². The lowest BCUT2D eigenvalue weighted by Gasteiger charge is -2.36. The van der Waals surface area contributed by atoms with Crippen LogP contribution in [-0.2, 0) is 9.59 Å². The molecule has 0 aromatic carbocycles. The molecule has 0 fully saturated rings. The molecule has 0 saturated carbocycles. The van der Waals surface area contributed by atoms with Crippen LogP contribution in [0, 0.1) is 5.92 Å². The zero-order valence-electron chi connectivity index (χ0n) is 11.8. The van der Waals surface area contributed by atoms with E-state index in [2.05, 4.69) is 0 Å². The molecule has 106 valence electrons. The van der Waals surface area contributed by atoms with Crippen molar-refractivity contribution in [1.29, 1.82) is 0 Å². The van der Waals surface area contributed by atoms with Crippen LogP contribution in [0.3, 0.4) is 0 Å². The summed E-state index contributed by atoms with van der Waals surface area (Å²) < 4.78 is 0.250. The zero-order chi connectivity index (χ0) is 14.7. The minimum atomic E-state index is -1.99. The summed E-state index contributed by atoms with van der Waals surface area (Å²) in [5, 5.41) is 21.1.